The number of carbonyl (C=O) groups is 1. The van der Waals surface area contributed by atoms with Crippen LogP contribution in [0.1, 0.15) is 63.4 Å². The number of hydrogen-bond donors (Lipinski definition) is 1. The van der Waals surface area contributed by atoms with Crippen molar-refractivity contribution < 1.29 is 4.79 Å². The first-order chi connectivity index (χ1) is 13.5. The Balaban J connectivity index is 1.41. The minimum Gasteiger partial charge on any atom is -0.346 e. The predicted octanol–water partition coefficient (Wildman–Crippen LogP) is 4.53. The molecule has 1 amide bonds. The van der Waals surface area contributed by atoms with Crippen molar-refractivity contribution in [2.24, 2.45) is 0 Å². The number of fused-ring (bicyclic) bond motifs is 1. The van der Waals surface area contributed by atoms with Crippen LogP contribution in [0.25, 0.3) is 0 Å². The lowest BCUT2D eigenvalue weighted by atomic mass is 10.0. The number of aryl methyl sites for hydroxylation is 4. The van der Waals surface area contributed by atoms with E-state index in [1.807, 2.05) is 42.8 Å². The molecule has 0 radical (unpaired) electrons. The van der Waals surface area contributed by atoms with E-state index < -0.39 is 0 Å². The summed E-state index contributed by atoms with van der Waals surface area (Å²) < 4.78 is 1.99. The molecule has 0 fully saturated rings. The Hall–Kier alpha value is -2.88. The van der Waals surface area contributed by atoms with Crippen molar-refractivity contribution in [2.75, 3.05) is 0 Å². The van der Waals surface area contributed by atoms with Crippen LogP contribution in [0.2, 0.25) is 0 Å². The molecule has 1 aliphatic rings. The molecule has 1 heterocycles. The predicted molar refractivity (Wildman–Crippen MR) is 112 cm³/mol. The van der Waals surface area contributed by atoms with Gasteiger partial charge in [-0.05, 0) is 80.5 Å². The minimum atomic E-state index is -0.0364. The van der Waals surface area contributed by atoms with Gasteiger partial charge in [0.2, 0.25) is 0 Å². The van der Waals surface area contributed by atoms with E-state index in [0.717, 1.165) is 23.4 Å². The van der Waals surface area contributed by atoms with E-state index in [4.69, 9.17) is 0 Å². The zero-order chi connectivity index (χ0) is 19.7. The molecular weight excluding hydrogens is 346 g/mol. The molecule has 4 nitrogen and oxygen atoms in total. The van der Waals surface area contributed by atoms with Gasteiger partial charge in [-0.2, -0.15) is 5.10 Å². The van der Waals surface area contributed by atoms with Crippen LogP contribution in [0, 0.1) is 13.8 Å². The first-order valence-corrected chi connectivity index (χ1v) is 10.0. The topological polar surface area (TPSA) is 46.9 Å². The van der Waals surface area contributed by atoms with Crippen LogP contribution in [0.4, 0.5) is 0 Å². The molecular formula is C24H27N3O. The van der Waals surface area contributed by atoms with Crippen molar-refractivity contribution in [1.29, 1.82) is 0 Å². The van der Waals surface area contributed by atoms with Crippen LogP contribution >= 0.6 is 0 Å². The molecule has 4 rings (SSSR count). The number of aromatic nitrogens is 2. The molecule has 1 aliphatic carbocycles. The zero-order valence-corrected chi connectivity index (χ0v) is 16.8. The second-order valence-corrected chi connectivity index (χ2v) is 7.86. The summed E-state index contributed by atoms with van der Waals surface area (Å²) in [5.41, 5.74) is 8.05. The highest BCUT2D eigenvalue weighted by molar-refractivity contribution is 5.94. The molecule has 28 heavy (non-hydrogen) atoms. The number of nitrogens with one attached hydrogen (secondary N) is 1. The molecule has 1 N–H and O–H groups in total. The number of carbonyl (C=O) groups excluding carboxylic acids is 1. The molecule has 0 saturated heterocycles. The maximum atomic E-state index is 12.7. The van der Waals surface area contributed by atoms with Gasteiger partial charge in [0.1, 0.15) is 0 Å². The van der Waals surface area contributed by atoms with Crippen LogP contribution in [0.3, 0.4) is 0 Å². The van der Waals surface area contributed by atoms with Crippen molar-refractivity contribution >= 4 is 5.91 Å². The Kier molecular flexibility index (Phi) is 5.03. The third-order valence-corrected chi connectivity index (χ3v) is 5.62. The Labute approximate surface area is 166 Å². The summed E-state index contributed by atoms with van der Waals surface area (Å²) in [6.07, 6.45) is 3.57. The molecule has 0 bridgehead atoms. The van der Waals surface area contributed by atoms with E-state index in [1.165, 1.54) is 29.5 Å². The standard InChI is InChI=1S/C24H27N3O/c1-16-13-17(2)27(26-16)15-19-7-9-21(10-8-19)24(28)25-18(3)22-12-11-20-5-4-6-23(20)14-22/h7-14,18H,4-6,15H2,1-3H3,(H,25,28). The maximum Gasteiger partial charge on any atom is 0.251 e. The fourth-order valence-electron chi connectivity index (χ4n) is 3.99. The molecule has 2 aromatic carbocycles. The van der Waals surface area contributed by atoms with E-state index in [-0.39, 0.29) is 11.9 Å². The van der Waals surface area contributed by atoms with Crippen molar-refractivity contribution in [1.82, 2.24) is 15.1 Å². The summed E-state index contributed by atoms with van der Waals surface area (Å²) in [5, 5.41) is 7.63. The maximum absolute atomic E-state index is 12.7. The molecule has 0 aliphatic heterocycles. The van der Waals surface area contributed by atoms with Gasteiger partial charge in [-0.25, -0.2) is 0 Å². The average molecular weight is 374 g/mol. The van der Waals surface area contributed by atoms with Gasteiger partial charge < -0.3 is 5.32 Å². The molecule has 4 heteroatoms. The van der Waals surface area contributed by atoms with E-state index in [1.54, 1.807) is 0 Å². The fraction of sp³-hybridized carbons (Fsp3) is 0.333. The monoisotopic (exact) mass is 373 g/mol. The number of amides is 1. The summed E-state index contributed by atoms with van der Waals surface area (Å²) in [5.74, 6) is -0.0364. The molecule has 1 atom stereocenters. The highest BCUT2D eigenvalue weighted by Gasteiger charge is 2.15. The van der Waals surface area contributed by atoms with E-state index >= 15 is 0 Å². The summed E-state index contributed by atoms with van der Waals surface area (Å²) in [6, 6.07) is 16.5. The Morgan fingerprint density at radius 2 is 1.82 bits per heavy atom. The lowest BCUT2D eigenvalue weighted by molar-refractivity contribution is 0.0940. The van der Waals surface area contributed by atoms with Crippen molar-refractivity contribution in [3.8, 4) is 0 Å². The van der Waals surface area contributed by atoms with Gasteiger partial charge in [0.05, 0.1) is 18.3 Å². The van der Waals surface area contributed by atoms with Crippen LogP contribution < -0.4 is 5.32 Å². The first-order valence-electron chi connectivity index (χ1n) is 10.0. The van der Waals surface area contributed by atoms with Crippen molar-refractivity contribution in [3.05, 3.63) is 87.7 Å². The second-order valence-electron chi connectivity index (χ2n) is 7.86. The van der Waals surface area contributed by atoms with Crippen molar-refractivity contribution in [3.63, 3.8) is 0 Å². The number of benzene rings is 2. The number of rotatable bonds is 5. The SMILES string of the molecule is Cc1cc(C)n(Cc2ccc(C(=O)NC(C)c3ccc4c(c3)CCC4)cc2)n1. The van der Waals surface area contributed by atoms with Gasteiger partial charge in [-0.3, -0.25) is 9.48 Å². The van der Waals surface area contributed by atoms with Crippen LogP contribution in [0.5, 0.6) is 0 Å². The fourth-order valence-corrected chi connectivity index (χ4v) is 3.99. The molecule has 0 spiro atoms. The van der Waals surface area contributed by atoms with Gasteiger partial charge in [0, 0.05) is 11.3 Å². The van der Waals surface area contributed by atoms with Crippen LogP contribution in [0.15, 0.2) is 48.5 Å². The summed E-state index contributed by atoms with van der Waals surface area (Å²) >= 11 is 0. The molecule has 0 saturated carbocycles. The molecule has 1 unspecified atom stereocenters. The lowest BCUT2D eigenvalue weighted by Crippen LogP contribution is -2.26. The minimum absolute atomic E-state index is 0.00669. The molecule has 144 valence electrons. The Bertz CT molecular complexity index is 1000. The zero-order valence-electron chi connectivity index (χ0n) is 16.8. The average Bonchev–Trinajstić information content (AvgIpc) is 3.27. The second kappa shape index (κ2) is 7.63. The third kappa shape index (κ3) is 3.86. The van der Waals surface area contributed by atoms with E-state index in [2.05, 4.69) is 41.6 Å². The summed E-state index contributed by atoms with van der Waals surface area (Å²) in [7, 11) is 0. The van der Waals surface area contributed by atoms with Crippen LogP contribution in [-0.2, 0) is 19.4 Å². The normalized spacial score (nSPS) is 14.0. The molecule has 3 aromatic rings. The summed E-state index contributed by atoms with van der Waals surface area (Å²) in [6.45, 7) is 6.82. The highest BCUT2D eigenvalue weighted by Crippen LogP contribution is 2.25. The van der Waals surface area contributed by atoms with E-state index in [0.29, 0.717) is 12.1 Å². The van der Waals surface area contributed by atoms with Gasteiger partial charge in [0.15, 0.2) is 0 Å². The lowest BCUT2D eigenvalue weighted by Gasteiger charge is -2.16. The highest BCUT2D eigenvalue weighted by atomic mass is 16.1. The van der Waals surface area contributed by atoms with Gasteiger partial charge >= 0.3 is 0 Å². The first kappa shape index (κ1) is 18.5. The van der Waals surface area contributed by atoms with Crippen molar-refractivity contribution in [2.45, 2.75) is 52.6 Å². The largest absolute Gasteiger partial charge is 0.346 e. The van der Waals surface area contributed by atoms with Gasteiger partial charge in [-0.1, -0.05) is 30.3 Å². The van der Waals surface area contributed by atoms with E-state index in [9.17, 15) is 4.79 Å². The Morgan fingerprint density at radius 1 is 1.07 bits per heavy atom. The quantitative estimate of drug-likeness (QED) is 0.714. The van der Waals surface area contributed by atoms with Crippen LogP contribution in [-0.4, -0.2) is 15.7 Å². The Morgan fingerprint density at radius 3 is 2.54 bits per heavy atom. The number of nitrogens with zero attached hydrogens (tertiary/aromatic N) is 2. The molecule has 1 aromatic heterocycles. The van der Waals surface area contributed by atoms with Gasteiger partial charge in [-0.15, -0.1) is 0 Å². The smallest absolute Gasteiger partial charge is 0.251 e. The number of hydrogen-bond acceptors (Lipinski definition) is 2. The summed E-state index contributed by atoms with van der Waals surface area (Å²) in [4.78, 5) is 12.7. The third-order valence-electron chi connectivity index (χ3n) is 5.62. The van der Waals surface area contributed by atoms with Gasteiger partial charge in [0.25, 0.3) is 5.91 Å².